The number of hydrazine groups is 1. The van der Waals surface area contributed by atoms with Crippen molar-refractivity contribution in [3.05, 3.63) is 58.6 Å². The third kappa shape index (κ3) is 5.69. The largest absolute Gasteiger partial charge is 0.496 e. The number of nitrogens with one attached hydrogen (secondary N) is 2. The van der Waals surface area contributed by atoms with Crippen LogP contribution in [0.3, 0.4) is 0 Å². The van der Waals surface area contributed by atoms with Crippen molar-refractivity contribution < 1.29 is 14.3 Å². The van der Waals surface area contributed by atoms with Gasteiger partial charge in [-0.2, -0.15) is 0 Å². The van der Waals surface area contributed by atoms with Crippen molar-refractivity contribution in [1.82, 2.24) is 15.3 Å². The zero-order chi connectivity index (χ0) is 20.8. The minimum absolute atomic E-state index is 0.250. The maximum absolute atomic E-state index is 12.8. The second-order valence-electron chi connectivity index (χ2n) is 6.90. The van der Waals surface area contributed by atoms with Gasteiger partial charge in [0.1, 0.15) is 5.75 Å². The molecule has 2 aromatic carbocycles. The molecular formula is C21H25ClN4O3. The van der Waals surface area contributed by atoms with Crippen LogP contribution < -0.4 is 15.5 Å². The van der Waals surface area contributed by atoms with Crippen LogP contribution in [0, 0.1) is 0 Å². The summed E-state index contributed by atoms with van der Waals surface area (Å²) in [6.45, 7) is 5.44. The highest BCUT2D eigenvalue weighted by molar-refractivity contribution is 6.34. The van der Waals surface area contributed by atoms with Gasteiger partial charge in [-0.05, 0) is 11.6 Å². The van der Waals surface area contributed by atoms with Crippen molar-refractivity contribution >= 4 is 29.1 Å². The SMILES string of the molecule is COc1cc(NC(C)=O)c(Cl)cc1C(=O)NN1CCN(Cc2ccccc2)CC1. The first kappa shape index (κ1) is 21.1. The average molecular weight is 417 g/mol. The molecule has 0 radical (unpaired) electrons. The fraction of sp³-hybridized carbons (Fsp3) is 0.333. The van der Waals surface area contributed by atoms with Crippen molar-refractivity contribution in [3.8, 4) is 5.75 Å². The van der Waals surface area contributed by atoms with Crippen LogP contribution in [0.5, 0.6) is 5.75 Å². The third-order valence-electron chi connectivity index (χ3n) is 4.73. The summed E-state index contributed by atoms with van der Waals surface area (Å²) >= 11 is 6.21. The molecule has 0 atom stereocenters. The van der Waals surface area contributed by atoms with E-state index in [1.54, 1.807) is 6.07 Å². The Kier molecular flexibility index (Phi) is 7.09. The molecule has 154 valence electrons. The Hall–Kier alpha value is -2.61. The number of hydrogen-bond acceptors (Lipinski definition) is 5. The highest BCUT2D eigenvalue weighted by Gasteiger charge is 2.22. The number of carbonyl (C=O) groups excluding carboxylic acids is 2. The second kappa shape index (κ2) is 9.73. The monoisotopic (exact) mass is 416 g/mol. The highest BCUT2D eigenvalue weighted by atomic mass is 35.5. The lowest BCUT2D eigenvalue weighted by Gasteiger charge is -2.34. The molecule has 0 saturated carbocycles. The fourth-order valence-electron chi connectivity index (χ4n) is 3.25. The van der Waals surface area contributed by atoms with E-state index in [0.29, 0.717) is 17.0 Å². The van der Waals surface area contributed by atoms with Crippen molar-refractivity contribution in [2.24, 2.45) is 0 Å². The molecule has 2 aromatic rings. The predicted octanol–water partition coefficient (Wildman–Crippen LogP) is 2.77. The van der Waals surface area contributed by atoms with E-state index in [-0.39, 0.29) is 16.8 Å². The van der Waals surface area contributed by atoms with Crippen LogP contribution in [-0.2, 0) is 11.3 Å². The molecule has 1 fully saturated rings. The molecule has 2 amide bonds. The first-order valence-corrected chi connectivity index (χ1v) is 9.81. The minimum atomic E-state index is -0.297. The Bertz CT molecular complexity index is 868. The van der Waals surface area contributed by atoms with Crippen LogP contribution in [0.1, 0.15) is 22.8 Å². The summed E-state index contributed by atoms with van der Waals surface area (Å²) < 4.78 is 5.32. The number of ether oxygens (including phenoxy) is 1. The lowest BCUT2D eigenvalue weighted by Crippen LogP contribution is -2.53. The molecular weight excluding hydrogens is 392 g/mol. The van der Waals surface area contributed by atoms with Crippen LogP contribution in [-0.4, -0.2) is 55.0 Å². The quantitative estimate of drug-likeness (QED) is 0.757. The molecule has 0 bridgehead atoms. The molecule has 8 heteroatoms. The van der Waals surface area contributed by atoms with Crippen LogP contribution in [0.4, 0.5) is 5.69 Å². The number of benzene rings is 2. The van der Waals surface area contributed by atoms with Crippen molar-refractivity contribution in [3.63, 3.8) is 0 Å². The van der Waals surface area contributed by atoms with E-state index in [9.17, 15) is 9.59 Å². The summed E-state index contributed by atoms with van der Waals surface area (Å²) in [5, 5.41) is 4.80. The van der Waals surface area contributed by atoms with Gasteiger partial charge in [-0.1, -0.05) is 41.9 Å². The van der Waals surface area contributed by atoms with Crippen LogP contribution in [0.25, 0.3) is 0 Å². The summed E-state index contributed by atoms with van der Waals surface area (Å²) in [5.74, 6) is -0.201. The Morgan fingerprint density at radius 3 is 2.41 bits per heavy atom. The number of rotatable bonds is 6. The average Bonchev–Trinajstić information content (AvgIpc) is 2.71. The predicted molar refractivity (Wildman–Crippen MR) is 113 cm³/mol. The normalized spacial score (nSPS) is 15.0. The molecule has 0 aliphatic carbocycles. The van der Waals surface area contributed by atoms with Gasteiger partial charge in [-0.25, -0.2) is 5.01 Å². The van der Waals surface area contributed by atoms with Gasteiger partial charge in [-0.15, -0.1) is 0 Å². The summed E-state index contributed by atoms with van der Waals surface area (Å²) in [5.41, 5.74) is 4.93. The van der Waals surface area contributed by atoms with Crippen molar-refractivity contribution in [1.29, 1.82) is 0 Å². The molecule has 1 aliphatic rings. The van der Waals surface area contributed by atoms with Crippen molar-refractivity contribution in [2.45, 2.75) is 13.5 Å². The summed E-state index contributed by atoms with van der Waals surface area (Å²) in [6.07, 6.45) is 0. The van der Waals surface area contributed by atoms with Gasteiger partial charge < -0.3 is 10.1 Å². The third-order valence-corrected chi connectivity index (χ3v) is 5.04. The van der Waals surface area contributed by atoms with E-state index >= 15 is 0 Å². The maximum atomic E-state index is 12.8. The van der Waals surface area contributed by atoms with E-state index < -0.39 is 0 Å². The van der Waals surface area contributed by atoms with Gasteiger partial charge in [0.2, 0.25) is 5.91 Å². The number of hydrogen-bond donors (Lipinski definition) is 2. The molecule has 0 aromatic heterocycles. The second-order valence-corrected chi connectivity index (χ2v) is 7.31. The summed E-state index contributed by atoms with van der Waals surface area (Å²) in [4.78, 5) is 26.4. The molecule has 0 spiro atoms. The number of nitrogens with zero attached hydrogens (tertiary/aromatic N) is 2. The number of methoxy groups -OCH3 is 1. The number of amides is 2. The zero-order valence-electron chi connectivity index (χ0n) is 16.6. The number of anilines is 1. The highest BCUT2D eigenvalue weighted by Crippen LogP contribution is 2.31. The lowest BCUT2D eigenvalue weighted by molar-refractivity contribution is -0.114. The molecule has 0 unspecified atom stereocenters. The number of piperazine rings is 1. The molecule has 1 heterocycles. The number of halogens is 1. The van der Waals surface area contributed by atoms with Gasteiger partial charge in [0, 0.05) is 45.7 Å². The van der Waals surface area contributed by atoms with E-state index in [1.165, 1.54) is 25.7 Å². The maximum Gasteiger partial charge on any atom is 0.269 e. The molecule has 1 aliphatic heterocycles. The molecule has 2 N–H and O–H groups in total. The summed E-state index contributed by atoms with van der Waals surface area (Å²) in [6, 6.07) is 13.4. The van der Waals surface area contributed by atoms with Gasteiger partial charge in [0.05, 0.1) is 23.4 Å². The minimum Gasteiger partial charge on any atom is -0.496 e. The van der Waals surface area contributed by atoms with Crippen LogP contribution in [0.15, 0.2) is 42.5 Å². The molecule has 1 saturated heterocycles. The summed E-state index contributed by atoms with van der Waals surface area (Å²) in [7, 11) is 1.47. The molecule has 29 heavy (non-hydrogen) atoms. The fourth-order valence-corrected chi connectivity index (χ4v) is 3.46. The Balaban J connectivity index is 1.59. The first-order valence-electron chi connectivity index (χ1n) is 9.43. The van der Waals surface area contributed by atoms with Gasteiger partial charge in [0.25, 0.3) is 5.91 Å². The number of carbonyl (C=O) groups is 2. The smallest absolute Gasteiger partial charge is 0.269 e. The van der Waals surface area contributed by atoms with E-state index in [0.717, 1.165) is 32.7 Å². The zero-order valence-corrected chi connectivity index (χ0v) is 17.3. The van der Waals surface area contributed by atoms with Gasteiger partial charge >= 0.3 is 0 Å². The van der Waals surface area contributed by atoms with E-state index in [1.807, 2.05) is 23.2 Å². The van der Waals surface area contributed by atoms with Crippen molar-refractivity contribution in [2.75, 3.05) is 38.6 Å². The Morgan fingerprint density at radius 2 is 1.79 bits per heavy atom. The van der Waals surface area contributed by atoms with Crippen LogP contribution in [0.2, 0.25) is 5.02 Å². The van der Waals surface area contributed by atoms with E-state index in [4.69, 9.17) is 16.3 Å². The van der Waals surface area contributed by atoms with Gasteiger partial charge in [0.15, 0.2) is 0 Å². The van der Waals surface area contributed by atoms with Gasteiger partial charge in [-0.3, -0.25) is 19.9 Å². The topological polar surface area (TPSA) is 73.9 Å². The lowest BCUT2D eigenvalue weighted by atomic mass is 10.1. The van der Waals surface area contributed by atoms with E-state index in [2.05, 4.69) is 27.8 Å². The first-order chi connectivity index (χ1) is 14.0. The Morgan fingerprint density at radius 1 is 1.10 bits per heavy atom. The van der Waals surface area contributed by atoms with Crippen LogP contribution >= 0.6 is 11.6 Å². The molecule has 7 nitrogen and oxygen atoms in total. The molecule has 3 rings (SSSR count). The Labute approximate surface area is 175 Å². The standard InChI is InChI=1S/C21H25ClN4O3/c1-15(27)23-19-13-20(29-2)17(12-18(19)22)21(28)24-26-10-8-25(9-11-26)14-16-6-4-3-5-7-16/h3-7,12-13H,8-11,14H2,1-2H3,(H,23,27)(H,24,28).